The second-order valence-corrected chi connectivity index (χ2v) is 11.1. The van der Waals surface area contributed by atoms with Gasteiger partial charge in [0.25, 0.3) is 12.3 Å². The Hall–Kier alpha value is -4.18. The molecule has 0 radical (unpaired) electrons. The van der Waals surface area contributed by atoms with Gasteiger partial charge in [0.2, 0.25) is 17.7 Å². The van der Waals surface area contributed by atoms with Gasteiger partial charge in [-0.3, -0.25) is 9.59 Å². The number of imidazole rings is 1. The predicted molar refractivity (Wildman–Crippen MR) is 144 cm³/mol. The minimum atomic E-state index is -4.76. The average molecular weight is 649 g/mol. The molecule has 2 aromatic heterocycles. The Labute approximate surface area is 250 Å². The van der Waals surface area contributed by atoms with Crippen molar-refractivity contribution in [1.29, 1.82) is 0 Å². The third-order valence-corrected chi connectivity index (χ3v) is 7.61. The molecular formula is C28H28F8N6O3. The van der Waals surface area contributed by atoms with Crippen LogP contribution in [0.15, 0.2) is 24.3 Å². The first-order valence-electron chi connectivity index (χ1n) is 14.1. The maximum atomic E-state index is 13.8. The fraction of sp³-hybridized carbons (Fsp3) is 0.500. The third kappa shape index (κ3) is 8.11. The molecule has 1 aromatic carbocycles. The zero-order chi connectivity index (χ0) is 32.5. The van der Waals surface area contributed by atoms with Crippen LogP contribution in [0.5, 0.6) is 5.88 Å². The molecule has 2 aliphatic carbocycles. The zero-order valence-corrected chi connectivity index (χ0v) is 23.4. The maximum absolute atomic E-state index is 13.8. The first-order valence-corrected chi connectivity index (χ1v) is 14.1. The number of alkyl halides is 8. The summed E-state index contributed by atoms with van der Waals surface area (Å²) in [6, 6.07) is 3.79. The molecule has 244 valence electrons. The van der Waals surface area contributed by atoms with E-state index in [4.69, 9.17) is 4.74 Å². The van der Waals surface area contributed by atoms with Gasteiger partial charge in [0, 0.05) is 18.5 Å². The monoisotopic (exact) mass is 648 g/mol. The highest BCUT2D eigenvalue weighted by Crippen LogP contribution is 2.39. The van der Waals surface area contributed by atoms with E-state index in [0.29, 0.717) is 5.56 Å². The number of amides is 2. The number of nitrogens with one attached hydrogen (secondary N) is 4. The third-order valence-electron chi connectivity index (χ3n) is 7.61. The van der Waals surface area contributed by atoms with Crippen LogP contribution >= 0.6 is 0 Å². The highest BCUT2D eigenvalue weighted by molar-refractivity contribution is 5.99. The molecule has 45 heavy (non-hydrogen) atoms. The first-order chi connectivity index (χ1) is 21.2. The van der Waals surface area contributed by atoms with Crippen LogP contribution in [0.3, 0.4) is 0 Å². The molecule has 2 saturated carbocycles. The van der Waals surface area contributed by atoms with Crippen molar-refractivity contribution in [3.05, 3.63) is 41.0 Å². The molecule has 4 N–H and O–H groups in total. The van der Waals surface area contributed by atoms with Gasteiger partial charge in [-0.25, -0.2) is 13.8 Å². The van der Waals surface area contributed by atoms with Crippen LogP contribution in [-0.2, 0) is 17.5 Å². The number of rotatable bonds is 10. The van der Waals surface area contributed by atoms with Crippen molar-refractivity contribution >= 4 is 34.6 Å². The summed E-state index contributed by atoms with van der Waals surface area (Å²) in [6.45, 7) is -1.14. The van der Waals surface area contributed by atoms with Crippen LogP contribution in [0, 0.1) is 11.8 Å². The Bertz CT molecular complexity index is 1550. The minimum Gasteiger partial charge on any atom is -0.471 e. The molecule has 2 aliphatic rings. The van der Waals surface area contributed by atoms with Gasteiger partial charge in [-0.15, -0.1) is 0 Å². The Morgan fingerprint density at radius 1 is 0.978 bits per heavy atom. The second-order valence-electron chi connectivity index (χ2n) is 11.1. The van der Waals surface area contributed by atoms with E-state index in [0.717, 1.165) is 25.0 Å². The number of carbonyl (C=O) groups is 2. The molecule has 2 heterocycles. The van der Waals surface area contributed by atoms with Crippen LogP contribution in [0.1, 0.15) is 60.0 Å². The Morgan fingerprint density at radius 3 is 2.31 bits per heavy atom. The summed E-state index contributed by atoms with van der Waals surface area (Å²) in [5.41, 5.74) is -1.53. The van der Waals surface area contributed by atoms with Crippen molar-refractivity contribution in [1.82, 2.24) is 25.6 Å². The van der Waals surface area contributed by atoms with Gasteiger partial charge in [-0.1, -0.05) is 6.07 Å². The summed E-state index contributed by atoms with van der Waals surface area (Å²) in [5.74, 6) is -3.36. The van der Waals surface area contributed by atoms with Gasteiger partial charge in [-0.2, -0.15) is 31.3 Å². The van der Waals surface area contributed by atoms with Crippen LogP contribution < -0.4 is 20.7 Å². The summed E-state index contributed by atoms with van der Waals surface area (Å²) in [6.07, 6.45) is -10.8. The van der Waals surface area contributed by atoms with Gasteiger partial charge in [-0.05, 0) is 62.3 Å². The quantitative estimate of drug-likeness (QED) is 0.193. The molecule has 2 amide bonds. The number of H-pyrrole nitrogens is 1. The number of nitrogens with zero attached hydrogens (tertiary/aromatic N) is 2. The number of fused-ring (bicyclic) bond motifs is 1. The van der Waals surface area contributed by atoms with Gasteiger partial charge in [0.05, 0.1) is 17.2 Å². The standard InChI is InChI=1S/C28H28F8N6O3/c29-21(30)12-45-25-17(24(44)38-16-6-4-15(5-7-16)27(31,32)33)10-20-22(41-25)42-26(40-20)39-19-9-13(1-8-18(19)28(34,35)36)11-37-23(43)14-2-3-14/h1,8-10,14-16,21H,2-7,11-12H2,(H,37,43)(H,38,44)(H2,39,40,41,42)/t15-,16-. The van der Waals surface area contributed by atoms with E-state index in [9.17, 15) is 44.7 Å². The van der Waals surface area contributed by atoms with Gasteiger partial charge in [0.1, 0.15) is 11.1 Å². The SMILES string of the molecule is O=C(N[C@H]1CC[C@H](C(F)(F)F)CC1)c1cc2nc(Nc3cc(CNC(=O)C4CC4)ccc3C(F)(F)F)[nH]c2nc1OCC(F)F. The van der Waals surface area contributed by atoms with Crippen LogP contribution in [0.2, 0.25) is 0 Å². The molecule has 17 heteroatoms. The van der Waals surface area contributed by atoms with E-state index in [1.807, 2.05) is 0 Å². The number of halogens is 8. The normalized spacial score (nSPS) is 19.0. The van der Waals surface area contributed by atoms with Gasteiger partial charge in [0.15, 0.2) is 12.3 Å². The summed E-state index contributed by atoms with van der Waals surface area (Å²) < 4.78 is 111. The van der Waals surface area contributed by atoms with Crippen molar-refractivity contribution in [3.8, 4) is 5.88 Å². The second kappa shape index (κ2) is 12.7. The van der Waals surface area contributed by atoms with Gasteiger partial charge >= 0.3 is 12.4 Å². The zero-order valence-electron chi connectivity index (χ0n) is 23.4. The Balaban J connectivity index is 1.38. The molecule has 0 atom stereocenters. The van der Waals surface area contributed by atoms with E-state index >= 15 is 0 Å². The number of anilines is 2. The fourth-order valence-electron chi connectivity index (χ4n) is 5.08. The van der Waals surface area contributed by atoms with Crippen molar-refractivity contribution in [2.24, 2.45) is 11.8 Å². The molecule has 0 bridgehead atoms. The molecular weight excluding hydrogens is 620 g/mol. The maximum Gasteiger partial charge on any atom is 0.418 e. The Kier molecular flexibility index (Phi) is 9.07. The van der Waals surface area contributed by atoms with Gasteiger partial charge < -0.3 is 25.7 Å². The molecule has 0 aliphatic heterocycles. The number of benzene rings is 1. The number of hydrogen-bond donors (Lipinski definition) is 4. The Morgan fingerprint density at radius 2 is 1.69 bits per heavy atom. The highest BCUT2D eigenvalue weighted by atomic mass is 19.4. The topological polar surface area (TPSA) is 121 Å². The average Bonchev–Trinajstić information content (AvgIpc) is 3.74. The van der Waals surface area contributed by atoms with Crippen molar-refractivity contribution < 1.29 is 49.4 Å². The molecule has 9 nitrogen and oxygen atoms in total. The van der Waals surface area contributed by atoms with Crippen molar-refractivity contribution in [3.63, 3.8) is 0 Å². The van der Waals surface area contributed by atoms with E-state index in [2.05, 4.69) is 30.9 Å². The molecule has 2 fully saturated rings. The van der Waals surface area contributed by atoms with E-state index < -0.39 is 60.4 Å². The summed E-state index contributed by atoms with van der Waals surface area (Å²) >= 11 is 0. The lowest BCUT2D eigenvalue weighted by molar-refractivity contribution is -0.182. The molecule has 0 unspecified atom stereocenters. The number of aromatic amines is 1. The molecule has 3 aromatic rings. The number of ether oxygens (including phenoxy) is 1. The van der Waals surface area contributed by atoms with Crippen LogP contribution in [0.4, 0.5) is 46.8 Å². The molecule has 0 saturated heterocycles. The molecule has 0 spiro atoms. The summed E-state index contributed by atoms with van der Waals surface area (Å²) in [5, 5.41) is 7.80. The predicted octanol–water partition coefficient (Wildman–Crippen LogP) is 6.24. The highest BCUT2D eigenvalue weighted by Gasteiger charge is 2.41. The lowest BCUT2D eigenvalue weighted by Gasteiger charge is -2.30. The van der Waals surface area contributed by atoms with Crippen LogP contribution in [-0.4, -0.2) is 52.0 Å². The van der Waals surface area contributed by atoms with Crippen molar-refractivity contribution in [2.45, 2.75) is 69.9 Å². The number of aromatic nitrogens is 3. The summed E-state index contributed by atoms with van der Waals surface area (Å²) in [4.78, 5) is 35.9. The van der Waals surface area contributed by atoms with E-state index in [-0.39, 0.29) is 66.7 Å². The van der Waals surface area contributed by atoms with Crippen LogP contribution in [0.25, 0.3) is 11.2 Å². The van der Waals surface area contributed by atoms with E-state index in [1.165, 1.54) is 12.1 Å². The summed E-state index contributed by atoms with van der Waals surface area (Å²) in [7, 11) is 0. The van der Waals surface area contributed by atoms with E-state index in [1.54, 1.807) is 0 Å². The number of pyridine rings is 1. The number of hydrogen-bond acceptors (Lipinski definition) is 6. The molecule has 5 rings (SSSR count). The largest absolute Gasteiger partial charge is 0.471 e. The fourth-order valence-corrected chi connectivity index (χ4v) is 5.08. The van der Waals surface area contributed by atoms with Crippen molar-refractivity contribution in [2.75, 3.05) is 11.9 Å². The number of carbonyl (C=O) groups excluding carboxylic acids is 2. The lowest BCUT2D eigenvalue weighted by Crippen LogP contribution is -2.40. The smallest absolute Gasteiger partial charge is 0.418 e. The lowest BCUT2D eigenvalue weighted by atomic mass is 9.85. The minimum absolute atomic E-state index is 0.00893. The first kappa shape index (κ1) is 32.2.